The minimum Gasteiger partial charge on any atom is -0.492 e. The molecule has 0 fully saturated rings. The Labute approximate surface area is 113 Å². The zero-order valence-electron chi connectivity index (χ0n) is 11.2. The van der Waals surface area contributed by atoms with E-state index in [1.807, 2.05) is 25.1 Å². The SMILES string of the molecule is CCOc1ccc(-c2ccc3c(c2)CC(C)O3)nc1. The molecule has 1 atom stereocenters. The molecule has 1 aromatic heterocycles. The summed E-state index contributed by atoms with van der Waals surface area (Å²) in [4.78, 5) is 4.45. The highest BCUT2D eigenvalue weighted by atomic mass is 16.5. The van der Waals surface area contributed by atoms with Crippen LogP contribution in [0, 0.1) is 0 Å². The van der Waals surface area contributed by atoms with Crippen LogP contribution in [0.15, 0.2) is 36.5 Å². The molecule has 3 nitrogen and oxygen atoms in total. The average molecular weight is 255 g/mol. The van der Waals surface area contributed by atoms with E-state index in [1.165, 1.54) is 5.56 Å². The number of hydrogen-bond acceptors (Lipinski definition) is 3. The van der Waals surface area contributed by atoms with Gasteiger partial charge in [-0.1, -0.05) is 0 Å². The van der Waals surface area contributed by atoms with Crippen LogP contribution in [0.3, 0.4) is 0 Å². The van der Waals surface area contributed by atoms with Crippen molar-refractivity contribution >= 4 is 0 Å². The molecule has 0 amide bonds. The van der Waals surface area contributed by atoms with Crippen LogP contribution >= 0.6 is 0 Å². The summed E-state index contributed by atoms with van der Waals surface area (Å²) >= 11 is 0. The van der Waals surface area contributed by atoms with Gasteiger partial charge < -0.3 is 9.47 Å². The fourth-order valence-corrected chi connectivity index (χ4v) is 2.38. The maximum atomic E-state index is 5.71. The minimum atomic E-state index is 0.276. The molecule has 0 spiro atoms. The predicted molar refractivity (Wildman–Crippen MR) is 74.6 cm³/mol. The molecule has 1 unspecified atom stereocenters. The molecule has 1 aromatic carbocycles. The van der Waals surface area contributed by atoms with Crippen LogP contribution < -0.4 is 9.47 Å². The van der Waals surface area contributed by atoms with Crippen molar-refractivity contribution in [2.24, 2.45) is 0 Å². The lowest BCUT2D eigenvalue weighted by Gasteiger charge is -2.06. The summed E-state index contributed by atoms with van der Waals surface area (Å²) in [7, 11) is 0. The molecule has 0 aliphatic carbocycles. The molecule has 1 aliphatic rings. The Balaban J connectivity index is 1.88. The van der Waals surface area contributed by atoms with E-state index in [9.17, 15) is 0 Å². The lowest BCUT2D eigenvalue weighted by Crippen LogP contribution is -2.05. The van der Waals surface area contributed by atoms with Crippen molar-refractivity contribution in [2.45, 2.75) is 26.4 Å². The molecule has 3 rings (SSSR count). The fraction of sp³-hybridized carbons (Fsp3) is 0.312. The fourth-order valence-electron chi connectivity index (χ4n) is 2.38. The first kappa shape index (κ1) is 12.0. The van der Waals surface area contributed by atoms with Gasteiger partial charge in [0.1, 0.15) is 17.6 Å². The monoisotopic (exact) mass is 255 g/mol. The van der Waals surface area contributed by atoms with E-state index in [-0.39, 0.29) is 6.10 Å². The first-order valence-corrected chi connectivity index (χ1v) is 6.65. The number of hydrogen-bond donors (Lipinski definition) is 0. The van der Waals surface area contributed by atoms with Crippen LogP contribution in [-0.4, -0.2) is 17.7 Å². The molecule has 2 aromatic rings. The average Bonchev–Trinajstić information content (AvgIpc) is 2.79. The first-order valence-electron chi connectivity index (χ1n) is 6.65. The number of fused-ring (bicyclic) bond motifs is 1. The number of nitrogens with zero attached hydrogens (tertiary/aromatic N) is 1. The quantitative estimate of drug-likeness (QED) is 0.841. The third-order valence-corrected chi connectivity index (χ3v) is 3.24. The topological polar surface area (TPSA) is 31.4 Å². The molecular formula is C16H17NO2. The van der Waals surface area contributed by atoms with Gasteiger partial charge in [-0.05, 0) is 49.7 Å². The number of ether oxygens (including phenoxy) is 2. The molecule has 0 radical (unpaired) electrons. The van der Waals surface area contributed by atoms with E-state index in [4.69, 9.17) is 9.47 Å². The molecule has 19 heavy (non-hydrogen) atoms. The summed E-state index contributed by atoms with van der Waals surface area (Å²) < 4.78 is 11.1. The highest BCUT2D eigenvalue weighted by Gasteiger charge is 2.19. The van der Waals surface area contributed by atoms with Gasteiger partial charge in [0, 0.05) is 12.0 Å². The van der Waals surface area contributed by atoms with Gasteiger partial charge >= 0.3 is 0 Å². The molecule has 1 aliphatic heterocycles. The van der Waals surface area contributed by atoms with Crippen LogP contribution in [0.4, 0.5) is 0 Å². The lowest BCUT2D eigenvalue weighted by atomic mass is 10.0. The Morgan fingerprint density at radius 2 is 2.21 bits per heavy atom. The Morgan fingerprint density at radius 3 is 2.95 bits per heavy atom. The van der Waals surface area contributed by atoms with E-state index in [1.54, 1.807) is 6.20 Å². The van der Waals surface area contributed by atoms with Gasteiger partial charge in [-0.25, -0.2) is 0 Å². The Hall–Kier alpha value is -2.03. The second kappa shape index (κ2) is 4.92. The zero-order valence-corrected chi connectivity index (χ0v) is 11.2. The summed E-state index contributed by atoms with van der Waals surface area (Å²) in [5, 5.41) is 0. The maximum absolute atomic E-state index is 5.71. The van der Waals surface area contributed by atoms with Gasteiger partial charge in [-0.2, -0.15) is 0 Å². The summed E-state index contributed by atoms with van der Waals surface area (Å²) in [5.41, 5.74) is 3.35. The van der Waals surface area contributed by atoms with Crippen molar-refractivity contribution in [3.8, 4) is 22.8 Å². The van der Waals surface area contributed by atoms with E-state index in [0.717, 1.165) is 29.2 Å². The Kier molecular flexibility index (Phi) is 3.11. The number of aromatic nitrogens is 1. The van der Waals surface area contributed by atoms with Crippen molar-refractivity contribution in [1.29, 1.82) is 0 Å². The third kappa shape index (κ3) is 2.41. The second-order valence-electron chi connectivity index (χ2n) is 4.77. The molecule has 0 bridgehead atoms. The molecule has 0 saturated heterocycles. The summed E-state index contributed by atoms with van der Waals surface area (Å²) in [6.45, 7) is 4.72. The summed E-state index contributed by atoms with van der Waals surface area (Å²) in [6, 6.07) is 10.2. The summed E-state index contributed by atoms with van der Waals surface area (Å²) in [6.07, 6.45) is 3.02. The van der Waals surface area contributed by atoms with E-state index >= 15 is 0 Å². The van der Waals surface area contributed by atoms with Gasteiger partial charge in [0.15, 0.2) is 0 Å². The van der Waals surface area contributed by atoms with Crippen LogP contribution in [0.25, 0.3) is 11.3 Å². The zero-order chi connectivity index (χ0) is 13.2. The second-order valence-corrected chi connectivity index (χ2v) is 4.77. The van der Waals surface area contributed by atoms with Gasteiger partial charge in [0.05, 0.1) is 18.5 Å². The van der Waals surface area contributed by atoms with E-state index < -0.39 is 0 Å². The van der Waals surface area contributed by atoms with Gasteiger partial charge in [0.25, 0.3) is 0 Å². The largest absolute Gasteiger partial charge is 0.492 e. The lowest BCUT2D eigenvalue weighted by molar-refractivity contribution is 0.254. The first-order chi connectivity index (χ1) is 9.26. The van der Waals surface area contributed by atoms with Gasteiger partial charge in [-0.15, -0.1) is 0 Å². The van der Waals surface area contributed by atoms with E-state index in [2.05, 4.69) is 24.0 Å². The van der Waals surface area contributed by atoms with Crippen molar-refractivity contribution in [1.82, 2.24) is 4.98 Å². The maximum Gasteiger partial charge on any atom is 0.137 e. The van der Waals surface area contributed by atoms with Gasteiger partial charge in [-0.3, -0.25) is 4.98 Å². The smallest absolute Gasteiger partial charge is 0.137 e. The third-order valence-electron chi connectivity index (χ3n) is 3.24. The van der Waals surface area contributed by atoms with Crippen molar-refractivity contribution in [3.05, 3.63) is 42.1 Å². The van der Waals surface area contributed by atoms with Crippen LogP contribution in [0.2, 0.25) is 0 Å². The molecule has 0 N–H and O–H groups in total. The van der Waals surface area contributed by atoms with Crippen LogP contribution in [0.5, 0.6) is 11.5 Å². The molecule has 3 heteroatoms. The molecule has 98 valence electrons. The van der Waals surface area contributed by atoms with Gasteiger partial charge in [0.2, 0.25) is 0 Å². The Morgan fingerprint density at radius 1 is 1.32 bits per heavy atom. The van der Waals surface area contributed by atoms with Crippen LogP contribution in [0.1, 0.15) is 19.4 Å². The van der Waals surface area contributed by atoms with Crippen molar-refractivity contribution < 1.29 is 9.47 Å². The number of benzene rings is 1. The molecule has 2 heterocycles. The van der Waals surface area contributed by atoms with Crippen molar-refractivity contribution in [3.63, 3.8) is 0 Å². The molecule has 0 saturated carbocycles. The number of pyridine rings is 1. The highest BCUT2D eigenvalue weighted by Crippen LogP contribution is 2.32. The minimum absolute atomic E-state index is 0.276. The molecular weight excluding hydrogens is 238 g/mol. The number of rotatable bonds is 3. The van der Waals surface area contributed by atoms with Crippen LogP contribution in [-0.2, 0) is 6.42 Å². The standard InChI is InChI=1S/C16H17NO2/c1-3-18-14-5-6-15(17-10-14)12-4-7-16-13(9-12)8-11(2)19-16/h4-7,9-11H,3,8H2,1-2H3. The highest BCUT2D eigenvalue weighted by molar-refractivity contribution is 5.63. The summed E-state index contributed by atoms with van der Waals surface area (Å²) in [5.74, 6) is 1.81. The predicted octanol–water partition coefficient (Wildman–Crippen LogP) is 3.47. The van der Waals surface area contributed by atoms with Crippen molar-refractivity contribution in [2.75, 3.05) is 6.61 Å². The Bertz CT molecular complexity index is 578. The normalized spacial score (nSPS) is 16.8. The van der Waals surface area contributed by atoms with E-state index in [0.29, 0.717) is 6.61 Å².